The molecule has 1 aliphatic heterocycles. The first-order valence-electron chi connectivity index (χ1n) is 15.1. The SMILES string of the molecule is O=C(NCCc1ccccc1F)c1ccc(N2CCN(c3ccncc3)CC2)cn1.O=C(O)C(F)(F)F.O=C(O)C(F)(F)F.O=C(O)C(F)(F)F.O=C(O)C(F)(F)F. The second kappa shape index (κ2) is 23.0. The van der Waals surface area contributed by atoms with E-state index in [4.69, 9.17) is 39.6 Å². The summed E-state index contributed by atoms with van der Waals surface area (Å²) in [6.07, 6.45) is -14.5. The largest absolute Gasteiger partial charge is 0.490 e. The van der Waals surface area contributed by atoms with Crippen LogP contribution in [0.3, 0.4) is 0 Å². The topological polar surface area (TPSA) is 211 Å². The van der Waals surface area contributed by atoms with Crippen LogP contribution in [0.2, 0.25) is 0 Å². The zero-order valence-corrected chi connectivity index (χ0v) is 28.6. The molecule has 0 bridgehead atoms. The second-order valence-electron chi connectivity index (χ2n) is 10.4. The van der Waals surface area contributed by atoms with Crippen LogP contribution in [-0.2, 0) is 25.6 Å². The molecule has 0 atom stereocenters. The molecule has 1 fully saturated rings. The Bertz CT molecular complexity index is 1670. The van der Waals surface area contributed by atoms with E-state index in [1.54, 1.807) is 30.5 Å². The summed E-state index contributed by atoms with van der Waals surface area (Å²) in [5, 5.41) is 31.3. The van der Waals surface area contributed by atoms with Crippen molar-refractivity contribution < 1.29 is 101 Å². The molecule has 5 N–H and O–H groups in total. The van der Waals surface area contributed by atoms with Crippen molar-refractivity contribution in [3.8, 4) is 0 Å². The quantitative estimate of drug-likeness (QED) is 0.196. The Balaban J connectivity index is 0.000000940. The fourth-order valence-electron chi connectivity index (χ4n) is 3.59. The molecule has 0 unspecified atom stereocenters. The average Bonchev–Trinajstić information content (AvgIpc) is 3.12. The van der Waals surface area contributed by atoms with Gasteiger partial charge in [-0.25, -0.2) is 28.6 Å². The van der Waals surface area contributed by atoms with Gasteiger partial charge in [-0.3, -0.25) is 9.78 Å². The van der Waals surface area contributed by atoms with E-state index in [1.807, 2.05) is 30.6 Å². The summed E-state index contributed by atoms with van der Waals surface area (Å²) in [5.41, 5.74) is 3.15. The maximum absolute atomic E-state index is 13.6. The molecule has 1 saturated heterocycles. The predicted octanol–water partition coefficient (Wildman–Crippen LogP) is 5.45. The van der Waals surface area contributed by atoms with Gasteiger partial charge in [0.05, 0.1) is 11.9 Å². The summed E-state index contributed by atoms with van der Waals surface area (Å²) < 4.78 is 141. The molecule has 58 heavy (non-hydrogen) atoms. The lowest BCUT2D eigenvalue weighted by Crippen LogP contribution is -2.46. The number of piperazine rings is 1. The molecule has 0 radical (unpaired) electrons. The number of nitrogens with one attached hydrogen (secondary N) is 1. The number of carbonyl (C=O) groups excluding carboxylic acids is 1. The second-order valence-corrected chi connectivity index (χ2v) is 10.4. The van der Waals surface area contributed by atoms with E-state index in [9.17, 15) is 61.9 Å². The lowest BCUT2D eigenvalue weighted by atomic mass is 10.1. The maximum Gasteiger partial charge on any atom is 0.490 e. The molecular weight excluding hydrogens is 833 g/mol. The zero-order valence-electron chi connectivity index (χ0n) is 28.6. The minimum atomic E-state index is -5.08. The maximum atomic E-state index is 13.6. The molecule has 27 heteroatoms. The molecule has 3 heterocycles. The summed E-state index contributed by atoms with van der Waals surface area (Å²) in [7, 11) is 0. The molecule has 1 aromatic carbocycles. The van der Waals surface area contributed by atoms with E-state index in [0.29, 0.717) is 24.2 Å². The number of carbonyl (C=O) groups is 5. The monoisotopic (exact) mass is 861 g/mol. The molecule has 4 rings (SSSR count). The highest BCUT2D eigenvalue weighted by molar-refractivity contribution is 5.92. The van der Waals surface area contributed by atoms with Crippen molar-refractivity contribution in [1.82, 2.24) is 15.3 Å². The molecule has 14 nitrogen and oxygen atoms in total. The first kappa shape index (κ1) is 51.6. The molecular formula is C31H28F13N5O9. The third-order valence-electron chi connectivity index (χ3n) is 6.26. The van der Waals surface area contributed by atoms with Gasteiger partial charge in [0, 0.05) is 50.8 Å². The number of alkyl halides is 12. The van der Waals surface area contributed by atoms with E-state index in [2.05, 4.69) is 25.1 Å². The number of benzene rings is 1. The van der Waals surface area contributed by atoms with E-state index < -0.39 is 48.6 Å². The molecule has 1 amide bonds. The highest BCUT2D eigenvalue weighted by Gasteiger charge is 2.40. The average molecular weight is 862 g/mol. The lowest BCUT2D eigenvalue weighted by Gasteiger charge is -2.37. The third-order valence-corrected chi connectivity index (χ3v) is 6.26. The predicted molar refractivity (Wildman–Crippen MR) is 170 cm³/mol. The van der Waals surface area contributed by atoms with E-state index in [0.717, 1.165) is 31.9 Å². The van der Waals surface area contributed by atoms with Crippen LogP contribution in [0.15, 0.2) is 67.1 Å². The minimum Gasteiger partial charge on any atom is -0.475 e. The van der Waals surface area contributed by atoms with Crippen LogP contribution in [0, 0.1) is 5.82 Å². The number of hydrogen-bond donors (Lipinski definition) is 5. The van der Waals surface area contributed by atoms with E-state index >= 15 is 0 Å². The van der Waals surface area contributed by atoms with E-state index in [1.165, 1.54) is 11.8 Å². The molecule has 0 spiro atoms. The van der Waals surface area contributed by atoms with E-state index in [-0.39, 0.29) is 11.7 Å². The normalized spacial score (nSPS) is 12.6. The van der Waals surface area contributed by atoms with Crippen molar-refractivity contribution in [2.45, 2.75) is 31.1 Å². The van der Waals surface area contributed by atoms with Crippen molar-refractivity contribution in [2.75, 3.05) is 42.5 Å². The van der Waals surface area contributed by atoms with Crippen LogP contribution < -0.4 is 15.1 Å². The van der Waals surface area contributed by atoms with Gasteiger partial charge in [-0.05, 0) is 42.3 Å². The van der Waals surface area contributed by atoms with Crippen LogP contribution in [0.1, 0.15) is 16.1 Å². The summed E-state index contributed by atoms with van der Waals surface area (Å²) in [4.78, 5) is 60.9. The van der Waals surface area contributed by atoms with Gasteiger partial charge in [0.15, 0.2) is 0 Å². The van der Waals surface area contributed by atoms with Crippen LogP contribution >= 0.6 is 0 Å². The molecule has 322 valence electrons. The van der Waals surface area contributed by atoms with Crippen LogP contribution in [0.5, 0.6) is 0 Å². The van der Waals surface area contributed by atoms with Gasteiger partial charge in [-0.15, -0.1) is 0 Å². The Kier molecular flexibility index (Phi) is 20.4. The number of anilines is 2. The van der Waals surface area contributed by atoms with Gasteiger partial charge in [0.1, 0.15) is 11.5 Å². The Labute approximate surface area is 316 Å². The standard InChI is InChI=1S/C23H24FN5O.4C2HF3O2/c24-21-4-2-1-3-18(21)7-12-26-23(30)22-6-5-20(17-27-22)29-15-13-28(14-16-29)19-8-10-25-11-9-19;4*3-2(4,5)1(6)7/h1-6,8-11,17H,7,12-16H2,(H,26,30);4*(H,6,7). The highest BCUT2D eigenvalue weighted by Crippen LogP contribution is 2.20. The van der Waals surface area contributed by atoms with Crippen molar-refractivity contribution in [1.29, 1.82) is 0 Å². The van der Waals surface area contributed by atoms with Gasteiger partial charge in [-0.1, -0.05) is 18.2 Å². The van der Waals surface area contributed by atoms with Crippen molar-refractivity contribution in [3.05, 3.63) is 84.2 Å². The van der Waals surface area contributed by atoms with Crippen molar-refractivity contribution in [3.63, 3.8) is 0 Å². The molecule has 0 saturated carbocycles. The number of amides is 1. The number of pyridine rings is 2. The number of nitrogens with zero attached hydrogens (tertiary/aromatic N) is 4. The summed E-state index contributed by atoms with van der Waals surface area (Å²) in [5.74, 6) is -11.5. The molecule has 1 aliphatic rings. The van der Waals surface area contributed by atoms with Gasteiger partial charge in [0.2, 0.25) is 0 Å². The first-order chi connectivity index (χ1) is 26.5. The number of aliphatic carboxylic acids is 4. The molecule has 2 aromatic heterocycles. The highest BCUT2D eigenvalue weighted by atomic mass is 19.4. The van der Waals surface area contributed by atoms with Crippen LogP contribution in [-0.4, -0.2) is 118 Å². The number of hydrogen-bond acceptors (Lipinski definition) is 9. The van der Waals surface area contributed by atoms with Crippen molar-refractivity contribution >= 4 is 41.2 Å². The summed E-state index contributed by atoms with van der Waals surface area (Å²) in [6.45, 7) is 3.97. The summed E-state index contributed by atoms with van der Waals surface area (Å²) in [6, 6.07) is 14.3. The Morgan fingerprint density at radius 2 is 0.966 bits per heavy atom. The van der Waals surface area contributed by atoms with Crippen LogP contribution in [0.25, 0.3) is 0 Å². The number of carboxylic acid groups (broad SMARTS) is 4. The van der Waals surface area contributed by atoms with Crippen LogP contribution in [0.4, 0.5) is 68.5 Å². The number of halogens is 13. The minimum absolute atomic E-state index is 0.250. The van der Waals surface area contributed by atoms with Gasteiger partial charge >= 0.3 is 48.6 Å². The van der Waals surface area contributed by atoms with Gasteiger partial charge < -0.3 is 35.5 Å². The molecule has 0 aliphatic carbocycles. The lowest BCUT2D eigenvalue weighted by molar-refractivity contribution is -0.193. The fourth-order valence-corrected chi connectivity index (χ4v) is 3.59. The fraction of sp³-hybridized carbons (Fsp3) is 0.323. The Morgan fingerprint density at radius 1 is 0.586 bits per heavy atom. The Hall–Kier alpha value is -6.44. The number of aromatic nitrogens is 2. The zero-order chi connectivity index (χ0) is 45.1. The molecule has 3 aromatic rings. The smallest absolute Gasteiger partial charge is 0.475 e. The number of carboxylic acids is 4. The Morgan fingerprint density at radius 3 is 1.31 bits per heavy atom. The van der Waals surface area contributed by atoms with Crippen molar-refractivity contribution in [2.24, 2.45) is 0 Å². The van der Waals surface area contributed by atoms with Gasteiger partial charge in [-0.2, -0.15) is 52.7 Å². The first-order valence-corrected chi connectivity index (χ1v) is 15.1. The third kappa shape index (κ3) is 21.0. The summed E-state index contributed by atoms with van der Waals surface area (Å²) >= 11 is 0. The van der Waals surface area contributed by atoms with Gasteiger partial charge in [0.25, 0.3) is 5.91 Å². The number of rotatable bonds is 6.